The Hall–Kier alpha value is -3.20. The molecule has 0 atom stereocenters. The predicted octanol–water partition coefficient (Wildman–Crippen LogP) is 2.27. The molecule has 0 saturated heterocycles. The number of carbonyl (C=O) groups is 1. The SMILES string of the molecule is O=C(Cn1ccc([N+](=O)[O-])n1)Nc1ccc(-n2cccn2)c(Cl)c1. The first kappa shape index (κ1) is 15.7. The summed E-state index contributed by atoms with van der Waals surface area (Å²) in [4.78, 5) is 21.9. The predicted molar refractivity (Wildman–Crippen MR) is 86.1 cm³/mol. The van der Waals surface area contributed by atoms with E-state index >= 15 is 0 Å². The molecule has 2 aromatic heterocycles. The Morgan fingerprint density at radius 1 is 1.33 bits per heavy atom. The van der Waals surface area contributed by atoms with E-state index < -0.39 is 4.92 Å². The number of rotatable bonds is 5. The number of amides is 1. The lowest BCUT2D eigenvalue weighted by Gasteiger charge is -2.08. The normalized spacial score (nSPS) is 10.5. The average molecular weight is 347 g/mol. The molecule has 0 saturated carbocycles. The van der Waals surface area contributed by atoms with Gasteiger partial charge in [0.05, 0.1) is 28.1 Å². The molecule has 1 N–H and O–H groups in total. The first-order valence-corrected chi connectivity index (χ1v) is 7.18. The smallest absolute Gasteiger partial charge is 0.358 e. The zero-order chi connectivity index (χ0) is 17.1. The molecular weight excluding hydrogens is 336 g/mol. The number of aromatic nitrogens is 4. The highest BCUT2D eigenvalue weighted by Crippen LogP contribution is 2.23. The first-order chi connectivity index (χ1) is 11.5. The monoisotopic (exact) mass is 346 g/mol. The third kappa shape index (κ3) is 3.41. The Kier molecular flexibility index (Phi) is 4.25. The Bertz CT molecular complexity index is 890. The van der Waals surface area contributed by atoms with Crippen LogP contribution in [0.25, 0.3) is 5.69 Å². The molecule has 3 rings (SSSR count). The van der Waals surface area contributed by atoms with Gasteiger partial charge in [0.25, 0.3) is 0 Å². The lowest BCUT2D eigenvalue weighted by Crippen LogP contribution is -2.19. The van der Waals surface area contributed by atoms with Gasteiger partial charge in [-0.25, -0.2) is 4.68 Å². The molecular formula is C14H11ClN6O3. The fraction of sp³-hybridized carbons (Fsp3) is 0.0714. The van der Waals surface area contributed by atoms with E-state index in [-0.39, 0.29) is 18.3 Å². The molecule has 24 heavy (non-hydrogen) atoms. The van der Waals surface area contributed by atoms with Gasteiger partial charge in [0.2, 0.25) is 5.91 Å². The first-order valence-electron chi connectivity index (χ1n) is 6.80. The molecule has 0 aliphatic carbocycles. The van der Waals surface area contributed by atoms with Crippen LogP contribution in [0.4, 0.5) is 11.5 Å². The standard InChI is InChI=1S/C14H11ClN6O3/c15-11-8-10(2-3-12(11)20-6-1-5-16-20)17-14(22)9-19-7-4-13(18-19)21(23)24/h1-8H,9H2,(H,17,22). The Morgan fingerprint density at radius 2 is 2.17 bits per heavy atom. The van der Waals surface area contributed by atoms with Gasteiger partial charge in [0.1, 0.15) is 6.54 Å². The van der Waals surface area contributed by atoms with Crippen molar-refractivity contribution in [1.29, 1.82) is 0 Å². The summed E-state index contributed by atoms with van der Waals surface area (Å²) in [5.74, 6) is -0.690. The topological polar surface area (TPSA) is 108 Å². The van der Waals surface area contributed by atoms with Gasteiger partial charge in [-0.05, 0) is 29.2 Å². The lowest BCUT2D eigenvalue weighted by atomic mass is 10.2. The minimum absolute atomic E-state index is 0.146. The molecule has 9 nitrogen and oxygen atoms in total. The van der Waals surface area contributed by atoms with Crippen LogP contribution in [0.1, 0.15) is 0 Å². The molecule has 0 aliphatic rings. The van der Waals surface area contributed by atoms with E-state index in [0.29, 0.717) is 16.4 Å². The van der Waals surface area contributed by atoms with Crippen molar-refractivity contribution < 1.29 is 9.72 Å². The number of nitro groups is 1. The second-order valence-electron chi connectivity index (χ2n) is 4.79. The number of carbonyl (C=O) groups excluding carboxylic acids is 1. The summed E-state index contributed by atoms with van der Waals surface area (Å²) in [6, 6.07) is 8.01. The van der Waals surface area contributed by atoms with Gasteiger partial charge in [0.15, 0.2) is 0 Å². The van der Waals surface area contributed by atoms with Gasteiger partial charge in [-0.3, -0.25) is 4.79 Å². The summed E-state index contributed by atoms with van der Waals surface area (Å²) in [5.41, 5.74) is 1.19. The van der Waals surface area contributed by atoms with Crippen LogP contribution >= 0.6 is 11.6 Å². The summed E-state index contributed by atoms with van der Waals surface area (Å²) in [6.07, 6.45) is 4.75. The summed E-state index contributed by atoms with van der Waals surface area (Å²) in [5, 5.41) is 21.4. The highest BCUT2D eigenvalue weighted by Gasteiger charge is 2.14. The fourth-order valence-corrected chi connectivity index (χ4v) is 2.33. The maximum Gasteiger partial charge on any atom is 0.389 e. The van der Waals surface area contributed by atoms with Crippen molar-refractivity contribution in [2.45, 2.75) is 6.54 Å². The quantitative estimate of drug-likeness (QED) is 0.563. The molecule has 0 fully saturated rings. The van der Waals surface area contributed by atoms with E-state index in [1.807, 2.05) is 0 Å². The van der Waals surface area contributed by atoms with Crippen molar-refractivity contribution in [3.63, 3.8) is 0 Å². The second kappa shape index (κ2) is 6.50. The second-order valence-corrected chi connectivity index (χ2v) is 5.20. The highest BCUT2D eigenvalue weighted by atomic mass is 35.5. The van der Waals surface area contributed by atoms with Crippen molar-refractivity contribution >= 4 is 29.0 Å². The summed E-state index contributed by atoms with van der Waals surface area (Å²) >= 11 is 6.20. The van der Waals surface area contributed by atoms with Gasteiger partial charge < -0.3 is 15.4 Å². The summed E-state index contributed by atoms with van der Waals surface area (Å²) < 4.78 is 2.80. The third-order valence-electron chi connectivity index (χ3n) is 3.10. The molecule has 3 aromatic rings. The fourth-order valence-electron chi connectivity index (χ4n) is 2.07. The minimum Gasteiger partial charge on any atom is -0.358 e. The van der Waals surface area contributed by atoms with Crippen LogP contribution in [0.5, 0.6) is 0 Å². The van der Waals surface area contributed by atoms with Gasteiger partial charge in [-0.1, -0.05) is 11.6 Å². The molecule has 2 heterocycles. The number of nitrogens with zero attached hydrogens (tertiary/aromatic N) is 5. The molecule has 1 amide bonds. The van der Waals surface area contributed by atoms with Crippen molar-refractivity contribution in [2.24, 2.45) is 0 Å². The van der Waals surface area contributed by atoms with E-state index in [1.165, 1.54) is 16.9 Å². The molecule has 0 bridgehead atoms. The molecule has 0 radical (unpaired) electrons. The van der Waals surface area contributed by atoms with Gasteiger partial charge in [-0.15, -0.1) is 0 Å². The number of hydrogen-bond donors (Lipinski definition) is 1. The van der Waals surface area contributed by atoms with E-state index in [1.54, 1.807) is 41.3 Å². The number of nitrogens with one attached hydrogen (secondary N) is 1. The summed E-state index contributed by atoms with van der Waals surface area (Å²) in [7, 11) is 0. The number of halogens is 1. The maximum atomic E-state index is 12.0. The maximum absolute atomic E-state index is 12.0. The van der Waals surface area contributed by atoms with Crippen molar-refractivity contribution in [2.75, 3.05) is 5.32 Å². The van der Waals surface area contributed by atoms with Crippen LogP contribution in [0, 0.1) is 10.1 Å². The van der Waals surface area contributed by atoms with E-state index in [2.05, 4.69) is 15.5 Å². The van der Waals surface area contributed by atoms with Crippen LogP contribution in [-0.2, 0) is 11.3 Å². The Balaban J connectivity index is 1.68. The van der Waals surface area contributed by atoms with Crippen LogP contribution in [0.2, 0.25) is 5.02 Å². The van der Waals surface area contributed by atoms with Gasteiger partial charge >= 0.3 is 5.82 Å². The zero-order valence-electron chi connectivity index (χ0n) is 12.2. The largest absolute Gasteiger partial charge is 0.389 e. The molecule has 10 heteroatoms. The molecule has 122 valence electrons. The van der Waals surface area contributed by atoms with Gasteiger partial charge in [0, 0.05) is 18.1 Å². The molecule has 1 aromatic carbocycles. The van der Waals surface area contributed by atoms with E-state index in [0.717, 1.165) is 0 Å². The summed E-state index contributed by atoms with van der Waals surface area (Å²) in [6.45, 7) is -0.146. The van der Waals surface area contributed by atoms with Crippen LogP contribution in [-0.4, -0.2) is 30.4 Å². The number of benzene rings is 1. The Labute approximate surface area is 140 Å². The molecule has 0 spiro atoms. The zero-order valence-corrected chi connectivity index (χ0v) is 12.9. The molecule has 0 unspecified atom stereocenters. The molecule has 0 aliphatic heterocycles. The van der Waals surface area contributed by atoms with Crippen molar-refractivity contribution in [1.82, 2.24) is 19.6 Å². The van der Waals surface area contributed by atoms with Crippen LogP contribution in [0.15, 0.2) is 48.9 Å². The van der Waals surface area contributed by atoms with Gasteiger partial charge in [-0.2, -0.15) is 9.78 Å². The van der Waals surface area contributed by atoms with E-state index in [4.69, 9.17) is 11.6 Å². The van der Waals surface area contributed by atoms with Crippen molar-refractivity contribution in [3.8, 4) is 5.69 Å². The number of hydrogen-bond acceptors (Lipinski definition) is 5. The highest BCUT2D eigenvalue weighted by molar-refractivity contribution is 6.32. The van der Waals surface area contributed by atoms with Crippen molar-refractivity contribution in [3.05, 3.63) is 64.1 Å². The number of anilines is 1. The van der Waals surface area contributed by atoms with Crippen LogP contribution < -0.4 is 5.32 Å². The van der Waals surface area contributed by atoms with Crippen LogP contribution in [0.3, 0.4) is 0 Å². The minimum atomic E-state index is -0.623. The Morgan fingerprint density at radius 3 is 2.79 bits per heavy atom. The third-order valence-corrected chi connectivity index (χ3v) is 3.40. The lowest BCUT2D eigenvalue weighted by molar-refractivity contribution is -0.389. The average Bonchev–Trinajstić information content (AvgIpc) is 3.18. The van der Waals surface area contributed by atoms with E-state index in [9.17, 15) is 14.9 Å².